The first kappa shape index (κ1) is 29.7. The highest BCUT2D eigenvalue weighted by molar-refractivity contribution is 7.98. The summed E-state index contributed by atoms with van der Waals surface area (Å²) in [4.78, 5) is 13.4. The number of anilines is 1. The van der Waals surface area contributed by atoms with E-state index in [4.69, 9.17) is 11.6 Å². The Hall–Kier alpha value is -3.29. The van der Waals surface area contributed by atoms with Gasteiger partial charge in [-0.15, -0.1) is 10.2 Å². The quantitative estimate of drug-likeness (QED) is 0.195. The number of halogens is 1. The lowest BCUT2D eigenvalue weighted by Gasteiger charge is -2.22. The Bertz CT molecular complexity index is 1470. The third-order valence-electron chi connectivity index (χ3n) is 7.03. The third kappa shape index (κ3) is 6.70. The van der Waals surface area contributed by atoms with Crippen LogP contribution in [0.3, 0.4) is 0 Å². The maximum Gasteiger partial charge on any atom is 0.319 e. The number of rotatable bonds is 9. The molecule has 1 heterocycles. The van der Waals surface area contributed by atoms with E-state index in [0.717, 1.165) is 39.0 Å². The Kier molecular flexibility index (Phi) is 9.59. The van der Waals surface area contributed by atoms with E-state index < -0.39 is 6.04 Å². The third-order valence-corrected chi connectivity index (χ3v) is 8.25. The number of benzene rings is 3. The number of carbonyl (C=O) groups excluding carboxylic acids is 1. The summed E-state index contributed by atoms with van der Waals surface area (Å²) in [6, 6.07) is 19.6. The second-order valence-corrected chi connectivity index (χ2v) is 12.1. The molecule has 8 heteroatoms. The van der Waals surface area contributed by atoms with Crippen LogP contribution < -0.4 is 10.6 Å². The van der Waals surface area contributed by atoms with Crippen LogP contribution in [-0.2, 0) is 5.75 Å². The van der Waals surface area contributed by atoms with Crippen LogP contribution in [0.5, 0.6) is 0 Å². The minimum absolute atomic E-state index is 0.271. The highest BCUT2D eigenvalue weighted by Crippen LogP contribution is 2.33. The molecular formula is C32H38ClN5OS. The molecule has 0 radical (unpaired) electrons. The molecule has 0 aliphatic rings. The fourth-order valence-corrected chi connectivity index (χ4v) is 5.92. The van der Waals surface area contributed by atoms with Crippen molar-refractivity contribution in [3.05, 3.63) is 99.3 Å². The van der Waals surface area contributed by atoms with Gasteiger partial charge in [0.1, 0.15) is 0 Å². The van der Waals surface area contributed by atoms with Gasteiger partial charge in [-0.2, -0.15) is 0 Å². The topological polar surface area (TPSA) is 71.8 Å². The zero-order chi connectivity index (χ0) is 29.0. The molecule has 3 aromatic carbocycles. The number of urea groups is 1. The molecular weight excluding hydrogens is 538 g/mol. The molecule has 0 aliphatic heterocycles. The zero-order valence-electron chi connectivity index (χ0n) is 24.2. The Balaban J connectivity index is 1.65. The monoisotopic (exact) mass is 575 g/mol. The molecule has 2 N–H and O–H groups in total. The number of aromatic nitrogens is 3. The van der Waals surface area contributed by atoms with E-state index in [1.165, 1.54) is 11.1 Å². The number of nitrogens with one attached hydrogen (secondary N) is 2. The minimum atomic E-state index is -0.424. The van der Waals surface area contributed by atoms with Gasteiger partial charge >= 0.3 is 6.03 Å². The lowest BCUT2D eigenvalue weighted by molar-refractivity contribution is 0.248. The van der Waals surface area contributed by atoms with Crippen molar-refractivity contribution in [2.45, 2.75) is 77.3 Å². The van der Waals surface area contributed by atoms with Crippen LogP contribution in [0.1, 0.15) is 86.1 Å². The average Bonchev–Trinajstić information content (AvgIpc) is 3.33. The predicted octanol–water partition coefficient (Wildman–Crippen LogP) is 8.96. The first-order valence-corrected chi connectivity index (χ1v) is 15.0. The van der Waals surface area contributed by atoms with Crippen molar-refractivity contribution in [1.29, 1.82) is 0 Å². The van der Waals surface area contributed by atoms with Crippen LogP contribution in [0.25, 0.3) is 5.69 Å². The van der Waals surface area contributed by atoms with E-state index in [1.807, 2.05) is 48.7 Å². The summed E-state index contributed by atoms with van der Waals surface area (Å²) in [6.07, 6.45) is 0. The second kappa shape index (κ2) is 12.9. The molecule has 6 nitrogen and oxygen atoms in total. The molecule has 1 aromatic heterocycles. The zero-order valence-corrected chi connectivity index (χ0v) is 25.8. The molecule has 1 atom stereocenters. The summed E-state index contributed by atoms with van der Waals surface area (Å²) in [5, 5.41) is 16.7. The molecule has 4 rings (SSSR count). The van der Waals surface area contributed by atoms with E-state index in [0.29, 0.717) is 10.8 Å². The van der Waals surface area contributed by atoms with Crippen molar-refractivity contribution in [3.63, 3.8) is 0 Å². The van der Waals surface area contributed by atoms with Gasteiger partial charge in [0.2, 0.25) is 0 Å². The summed E-state index contributed by atoms with van der Waals surface area (Å²) in [7, 11) is 0. The molecule has 0 bridgehead atoms. The lowest BCUT2D eigenvalue weighted by atomic mass is 9.93. The highest BCUT2D eigenvalue weighted by atomic mass is 35.5. The molecule has 0 saturated heterocycles. The Morgan fingerprint density at radius 2 is 1.57 bits per heavy atom. The van der Waals surface area contributed by atoms with Gasteiger partial charge in [-0.3, -0.25) is 4.57 Å². The Morgan fingerprint density at radius 1 is 0.900 bits per heavy atom. The number of nitrogens with zero attached hydrogens (tertiary/aromatic N) is 3. The van der Waals surface area contributed by atoms with E-state index in [-0.39, 0.29) is 17.9 Å². The van der Waals surface area contributed by atoms with Gasteiger partial charge in [0, 0.05) is 16.5 Å². The SMILES string of the molecule is Cc1ccccc1CSc1nnc(C(C)NC(=O)Nc2c(C(C)C)cccc2C(C)C)n1-c1cc(Cl)ccc1C. The van der Waals surface area contributed by atoms with Crippen molar-refractivity contribution in [1.82, 2.24) is 20.1 Å². The number of amides is 2. The Morgan fingerprint density at radius 3 is 2.23 bits per heavy atom. The summed E-state index contributed by atoms with van der Waals surface area (Å²) in [5.41, 5.74) is 7.49. The van der Waals surface area contributed by atoms with Crippen LogP contribution in [0, 0.1) is 13.8 Å². The Labute approximate surface area is 246 Å². The molecule has 210 valence electrons. The first-order chi connectivity index (χ1) is 19.1. The smallest absolute Gasteiger partial charge is 0.319 e. The van der Waals surface area contributed by atoms with Crippen LogP contribution in [0.15, 0.2) is 65.8 Å². The van der Waals surface area contributed by atoms with Crippen LogP contribution in [0.4, 0.5) is 10.5 Å². The first-order valence-electron chi connectivity index (χ1n) is 13.7. The van der Waals surface area contributed by atoms with Crippen molar-refractivity contribution in [2.24, 2.45) is 0 Å². The van der Waals surface area contributed by atoms with Crippen molar-refractivity contribution >= 4 is 35.1 Å². The van der Waals surface area contributed by atoms with Crippen LogP contribution in [-0.4, -0.2) is 20.8 Å². The largest absolute Gasteiger partial charge is 0.328 e. The summed E-state index contributed by atoms with van der Waals surface area (Å²) < 4.78 is 2.01. The summed E-state index contributed by atoms with van der Waals surface area (Å²) in [6.45, 7) is 14.6. The molecule has 4 aromatic rings. The molecule has 0 fully saturated rings. The van der Waals surface area contributed by atoms with Gasteiger partial charge in [-0.1, -0.05) is 99.6 Å². The van der Waals surface area contributed by atoms with Crippen molar-refractivity contribution < 1.29 is 4.79 Å². The number of para-hydroxylation sites is 1. The van der Waals surface area contributed by atoms with E-state index in [9.17, 15) is 4.79 Å². The van der Waals surface area contributed by atoms with Crippen molar-refractivity contribution in [2.75, 3.05) is 5.32 Å². The van der Waals surface area contributed by atoms with Gasteiger partial charge in [-0.25, -0.2) is 4.79 Å². The number of hydrogen-bond acceptors (Lipinski definition) is 4. The molecule has 1 unspecified atom stereocenters. The predicted molar refractivity (Wildman–Crippen MR) is 167 cm³/mol. The van der Waals surface area contributed by atoms with Gasteiger partial charge in [0.15, 0.2) is 11.0 Å². The van der Waals surface area contributed by atoms with Crippen molar-refractivity contribution in [3.8, 4) is 5.69 Å². The number of thioether (sulfide) groups is 1. The molecule has 0 spiro atoms. The second-order valence-electron chi connectivity index (χ2n) is 10.8. The number of hydrogen-bond donors (Lipinski definition) is 2. The number of carbonyl (C=O) groups is 1. The van der Waals surface area contributed by atoms with Crippen LogP contribution >= 0.6 is 23.4 Å². The summed E-state index contributed by atoms with van der Waals surface area (Å²) in [5.74, 6) is 1.92. The lowest BCUT2D eigenvalue weighted by Crippen LogP contribution is -2.33. The highest BCUT2D eigenvalue weighted by Gasteiger charge is 2.24. The molecule has 40 heavy (non-hydrogen) atoms. The number of aryl methyl sites for hydroxylation is 2. The minimum Gasteiger partial charge on any atom is -0.328 e. The van der Waals surface area contributed by atoms with E-state index in [2.05, 4.69) is 85.8 Å². The fourth-order valence-electron chi connectivity index (χ4n) is 4.73. The normalized spacial score (nSPS) is 12.2. The average molecular weight is 576 g/mol. The molecule has 2 amide bonds. The molecule has 0 aliphatic carbocycles. The maximum absolute atomic E-state index is 13.4. The van der Waals surface area contributed by atoms with E-state index in [1.54, 1.807) is 11.8 Å². The van der Waals surface area contributed by atoms with Gasteiger partial charge < -0.3 is 10.6 Å². The molecule has 0 saturated carbocycles. The standard InChI is InChI=1S/C32H38ClN5OS/c1-19(2)26-13-10-14-27(20(3)4)29(26)35-31(39)34-23(7)30-36-37-32(40-18-24-12-9-8-11-21(24)5)38(30)28-17-25(33)16-15-22(28)6/h8-17,19-20,23H,18H2,1-7H3,(H2,34,35,39). The van der Waals surface area contributed by atoms with Gasteiger partial charge in [0.25, 0.3) is 0 Å². The van der Waals surface area contributed by atoms with E-state index >= 15 is 0 Å². The maximum atomic E-state index is 13.4. The van der Waals surface area contributed by atoms with Crippen LogP contribution in [0.2, 0.25) is 5.02 Å². The fraction of sp³-hybridized carbons (Fsp3) is 0.344. The van der Waals surface area contributed by atoms with Gasteiger partial charge in [0.05, 0.1) is 11.7 Å². The van der Waals surface area contributed by atoms with Gasteiger partial charge in [-0.05, 0) is 72.6 Å². The summed E-state index contributed by atoms with van der Waals surface area (Å²) >= 11 is 8.04.